The first-order valence-corrected chi connectivity index (χ1v) is 11.4. The fourth-order valence-corrected chi connectivity index (χ4v) is 4.52. The van der Waals surface area contributed by atoms with E-state index >= 15 is 0 Å². The Labute approximate surface area is 187 Å². The number of aryl methyl sites for hydroxylation is 2. The summed E-state index contributed by atoms with van der Waals surface area (Å²) in [6.07, 6.45) is 1.49. The molecular formula is C25H22N2O4S. The summed E-state index contributed by atoms with van der Waals surface area (Å²) in [6, 6.07) is 18.7. The highest BCUT2D eigenvalue weighted by atomic mass is 32.2. The van der Waals surface area contributed by atoms with Crippen LogP contribution in [0.25, 0.3) is 0 Å². The van der Waals surface area contributed by atoms with Gasteiger partial charge in [-0.25, -0.2) is 0 Å². The Balaban J connectivity index is 1.80. The number of ketones is 1. The van der Waals surface area contributed by atoms with E-state index in [1.807, 2.05) is 32.0 Å². The second-order valence-electron chi connectivity index (χ2n) is 7.50. The zero-order valence-corrected chi connectivity index (χ0v) is 18.7. The monoisotopic (exact) mass is 446 g/mol. The minimum absolute atomic E-state index is 0.0393. The molecule has 0 aromatic heterocycles. The van der Waals surface area contributed by atoms with Crippen molar-refractivity contribution in [2.75, 3.05) is 12.4 Å². The van der Waals surface area contributed by atoms with Crippen LogP contribution in [-0.2, 0) is 10.0 Å². The van der Waals surface area contributed by atoms with Crippen molar-refractivity contribution in [3.8, 4) is 5.75 Å². The molecule has 0 heterocycles. The van der Waals surface area contributed by atoms with E-state index in [1.165, 1.54) is 25.3 Å². The molecule has 7 heteroatoms. The SMILES string of the molecule is COc1ccc(S(=O)(=O)/N=C2\C=C(Nc3ccc(C)cc3C)C(=O)c3ccccc32)cc1. The molecule has 162 valence electrons. The highest BCUT2D eigenvalue weighted by Gasteiger charge is 2.26. The molecule has 0 radical (unpaired) electrons. The Kier molecular flexibility index (Phi) is 5.67. The first kappa shape index (κ1) is 21.5. The number of anilines is 1. The number of Topliss-reactive ketones (excluding diaryl/α,β-unsaturated/α-hetero) is 1. The molecule has 1 aliphatic carbocycles. The zero-order valence-electron chi connectivity index (χ0n) is 17.9. The van der Waals surface area contributed by atoms with Crippen LogP contribution in [0.2, 0.25) is 0 Å². The number of hydrogen-bond donors (Lipinski definition) is 1. The Hall–Kier alpha value is -3.71. The van der Waals surface area contributed by atoms with Gasteiger partial charge in [0.25, 0.3) is 10.0 Å². The predicted octanol–water partition coefficient (Wildman–Crippen LogP) is 4.68. The van der Waals surface area contributed by atoms with Crippen LogP contribution in [0.5, 0.6) is 5.75 Å². The minimum atomic E-state index is -4.01. The molecule has 0 saturated heterocycles. The average molecular weight is 447 g/mol. The van der Waals surface area contributed by atoms with E-state index in [4.69, 9.17) is 4.74 Å². The van der Waals surface area contributed by atoms with Gasteiger partial charge in [0.05, 0.1) is 23.4 Å². The summed E-state index contributed by atoms with van der Waals surface area (Å²) in [5.74, 6) is 0.325. The van der Waals surface area contributed by atoms with Crippen LogP contribution in [0, 0.1) is 13.8 Å². The molecule has 0 atom stereocenters. The van der Waals surface area contributed by atoms with E-state index in [9.17, 15) is 13.2 Å². The summed E-state index contributed by atoms with van der Waals surface area (Å²) in [7, 11) is -2.50. The van der Waals surface area contributed by atoms with Crippen LogP contribution in [0.3, 0.4) is 0 Å². The van der Waals surface area contributed by atoms with Gasteiger partial charge in [-0.2, -0.15) is 12.8 Å². The van der Waals surface area contributed by atoms with E-state index in [-0.39, 0.29) is 22.1 Å². The lowest BCUT2D eigenvalue weighted by Gasteiger charge is -2.19. The molecule has 0 fully saturated rings. The minimum Gasteiger partial charge on any atom is -0.497 e. The third kappa shape index (κ3) is 4.20. The lowest BCUT2D eigenvalue weighted by Crippen LogP contribution is -2.23. The number of hydrogen-bond acceptors (Lipinski definition) is 5. The highest BCUT2D eigenvalue weighted by Crippen LogP contribution is 2.27. The van der Waals surface area contributed by atoms with E-state index in [1.54, 1.807) is 36.4 Å². The molecule has 6 nitrogen and oxygen atoms in total. The molecule has 0 saturated carbocycles. The number of carbonyl (C=O) groups is 1. The maximum atomic E-state index is 13.1. The van der Waals surface area contributed by atoms with Gasteiger partial charge in [-0.1, -0.05) is 42.0 Å². The van der Waals surface area contributed by atoms with Crippen molar-refractivity contribution in [3.05, 3.63) is 101 Å². The van der Waals surface area contributed by atoms with Gasteiger partial charge < -0.3 is 10.1 Å². The van der Waals surface area contributed by atoms with Crippen molar-refractivity contribution < 1.29 is 17.9 Å². The van der Waals surface area contributed by atoms with Gasteiger partial charge in [-0.3, -0.25) is 4.79 Å². The molecule has 3 aromatic rings. The molecule has 0 aliphatic heterocycles. The number of carbonyl (C=O) groups excluding carboxylic acids is 1. The Morgan fingerprint density at radius 2 is 1.59 bits per heavy atom. The van der Waals surface area contributed by atoms with Gasteiger partial charge in [-0.05, 0) is 55.8 Å². The van der Waals surface area contributed by atoms with Crippen LogP contribution in [0.1, 0.15) is 27.0 Å². The summed E-state index contributed by atoms with van der Waals surface area (Å²) in [5, 5.41) is 3.16. The fourth-order valence-electron chi connectivity index (χ4n) is 3.53. The van der Waals surface area contributed by atoms with Crippen LogP contribution >= 0.6 is 0 Å². The van der Waals surface area contributed by atoms with E-state index in [0.29, 0.717) is 16.9 Å². The number of ether oxygens (including phenoxy) is 1. The van der Waals surface area contributed by atoms with Crippen LogP contribution in [-0.4, -0.2) is 27.0 Å². The number of allylic oxidation sites excluding steroid dienone is 2. The molecule has 1 N–H and O–H groups in total. The van der Waals surface area contributed by atoms with Gasteiger partial charge in [-0.15, -0.1) is 0 Å². The number of rotatable bonds is 5. The first-order chi connectivity index (χ1) is 15.3. The number of benzene rings is 3. The van der Waals surface area contributed by atoms with Crippen molar-refractivity contribution >= 4 is 27.2 Å². The number of fused-ring (bicyclic) bond motifs is 1. The average Bonchev–Trinajstić information content (AvgIpc) is 2.78. The Morgan fingerprint density at radius 3 is 2.25 bits per heavy atom. The molecule has 0 spiro atoms. The number of sulfonamides is 1. The van der Waals surface area contributed by atoms with Gasteiger partial charge in [0, 0.05) is 16.8 Å². The summed E-state index contributed by atoms with van der Waals surface area (Å²) in [5.41, 5.74) is 4.18. The smallest absolute Gasteiger partial charge is 0.282 e. The molecule has 32 heavy (non-hydrogen) atoms. The van der Waals surface area contributed by atoms with Crippen molar-refractivity contribution in [1.29, 1.82) is 0 Å². The molecule has 3 aromatic carbocycles. The normalized spacial score (nSPS) is 14.7. The second kappa shape index (κ2) is 8.43. The summed E-state index contributed by atoms with van der Waals surface area (Å²) in [4.78, 5) is 13.1. The van der Waals surface area contributed by atoms with E-state index < -0.39 is 10.0 Å². The Morgan fingerprint density at radius 1 is 0.906 bits per heavy atom. The molecule has 1 aliphatic rings. The van der Waals surface area contributed by atoms with Gasteiger partial charge in [0.15, 0.2) is 0 Å². The molecule has 0 bridgehead atoms. The third-order valence-electron chi connectivity index (χ3n) is 5.20. The van der Waals surface area contributed by atoms with E-state index in [0.717, 1.165) is 16.8 Å². The molecule has 0 unspecified atom stereocenters. The van der Waals surface area contributed by atoms with Gasteiger partial charge in [0.2, 0.25) is 5.78 Å². The third-order valence-corrected chi connectivity index (χ3v) is 6.51. The highest BCUT2D eigenvalue weighted by molar-refractivity contribution is 7.90. The first-order valence-electron chi connectivity index (χ1n) is 9.97. The van der Waals surface area contributed by atoms with Gasteiger partial charge in [0.1, 0.15) is 5.75 Å². The van der Waals surface area contributed by atoms with Crippen LogP contribution in [0.4, 0.5) is 5.69 Å². The van der Waals surface area contributed by atoms with Gasteiger partial charge >= 0.3 is 0 Å². The fraction of sp³-hybridized carbons (Fsp3) is 0.120. The summed E-state index contributed by atoms with van der Waals surface area (Å²) >= 11 is 0. The number of nitrogens with zero attached hydrogens (tertiary/aromatic N) is 1. The molecule has 0 amide bonds. The molecular weight excluding hydrogens is 424 g/mol. The predicted molar refractivity (Wildman–Crippen MR) is 125 cm³/mol. The quantitative estimate of drug-likeness (QED) is 0.615. The lowest BCUT2D eigenvalue weighted by molar-refractivity contribution is 0.103. The maximum Gasteiger partial charge on any atom is 0.282 e. The van der Waals surface area contributed by atoms with Crippen LogP contribution in [0.15, 0.2) is 87.8 Å². The van der Waals surface area contributed by atoms with Crippen molar-refractivity contribution in [2.24, 2.45) is 4.40 Å². The second-order valence-corrected chi connectivity index (χ2v) is 9.11. The topological polar surface area (TPSA) is 84.8 Å². The lowest BCUT2D eigenvalue weighted by atomic mass is 9.92. The molecule has 4 rings (SSSR count). The zero-order chi connectivity index (χ0) is 22.9. The van der Waals surface area contributed by atoms with Crippen molar-refractivity contribution in [2.45, 2.75) is 18.7 Å². The summed E-state index contributed by atoms with van der Waals surface area (Å²) < 4.78 is 35.1. The Bertz CT molecular complexity index is 1370. The van der Waals surface area contributed by atoms with Crippen molar-refractivity contribution in [1.82, 2.24) is 0 Å². The van der Waals surface area contributed by atoms with Crippen molar-refractivity contribution in [3.63, 3.8) is 0 Å². The number of methoxy groups -OCH3 is 1. The number of nitrogens with one attached hydrogen (secondary N) is 1. The largest absolute Gasteiger partial charge is 0.497 e. The maximum absolute atomic E-state index is 13.1. The summed E-state index contributed by atoms with van der Waals surface area (Å²) in [6.45, 7) is 3.94. The van der Waals surface area contributed by atoms with Crippen LogP contribution < -0.4 is 10.1 Å². The standard InChI is InChI=1S/C25H22N2O4S/c1-16-8-13-22(17(2)14-16)26-24-15-23(20-6-4-5-7-21(20)25(24)28)27-32(29,30)19-11-9-18(31-3)10-12-19/h4-15,26H,1-3H3/b27-23+. The van der Waals surface area contributed by atoms with E-state index in [2.05, 4.69) is 9.71 Å².